The monoisotopic (exact) mass is 1050 g/mol. The van der Waals surface area contributed by atoms with Crippen molar-refractivity contribution in [1.82, 2.24) is 25.9 Å². The van der Waals surface area contributed by atoms with Crippen LogP contribution < -0.4 is 21.7 Å². The van der Waals surface area contributed by atoms with Crippen molar-refractivity contribution in [3.05, 3.63) is 18.2 Å². The van der Waals surface area contributed by atoms with E-state index in [4.69, 9.17) is 39.3 Å². The van der Waals surface area contributed by atoms with Gasteiger partial charge in [0.1, 0.15) is 24.8 Å². The summed E-state index contributed by atoms with van der Waals surface area (Å²) in [4.78, 5) is 87.8. The maximum Gasteiger partial charge on any atom is 0.303 e. The number of hydrogen-bond donors (Lipinski definition) is 6. The molecule has 2 atom stereocenters. The number of hydrogen-bond acceptors (Lipinski definition) is 16. The first-order valence-corrected chi connectivity index (χ1v) is 27.6. The fourth-order valence-corrected chi connectivity index (χ4v) is 7.42. The number of H-pyrrole nitrogens is 1. The summed E-state index contributed by atoms with van der Waals surface area (Å²) in [5.74, 6) is -0.913. The number of nitrogens with two attached hydrogens (primary N) is 1. The van der Waals surface area contributed by atoms with E-state index >= 15 is 0 Å². The quantitative estimate of drug-likeness (QED) is 0.0411. The van der Waals surface area contributed by atoms with E-state index in [2.05, 4.69) is 25.9 Å². The van der Waals surface area contributed by atoms with Crippen molar-refractivity contribution in [3.63, 3.8) is 0 Å². The third-order valence-electron chi connectivity index (χ3n) is 11.7. The maximum absolute atomic E-state index is 12.3. The predicted molar refractivity (Wildman–Crippen MR) is 284 cm³/mol. The molecule has 0 radical (unpaired) electrons. The minimum atomic E-state index is -0.687. The van der Waals surface area contributed by atoms with Crippen molar-refractivity contribution < 1.29 is 67.1 Å². The molecule has 1 heterocycles. The summed E-state index contributed by atoms with van der Waals surface area (Å²) < 4.78 is 31.9. The van der Waals surface area contributed by atoms with Gasteiger partial charge in [-0.3, -0.25) is 33.6 Å². The lowest BCUT2D eigenvalue weighted by Gasteiger charge is -2.17. The molecule has 20 nitrogen and oxygen atoms in total. The third kappa shape index (κ3) is 50.2. The molecule has 74 heavy (non-hydrogen) atoms. The van der Waals surface area contributed by atoms with Gasteiger partial charge in [-0.05, 0) is 58.8 Å². The molecular formula is C54H98N6O14. The lowest BCUT2D eigenvalue weighted by molar-refractivity contribution is -0.137. The van der Waals surface area contributed by atoms with Crippen LogP contribution >= 0.6 is 0 Å². The molecule has 0 aliphatic carbocycles. The molecule has 0 spiro atoms. The highest BCUT2D eigenvalue weighted by Gasteiger charge is 2.19. The minimum Gasteiger partial charge on any atom is -0.481 e. The van der Waals surface area contributed by atoms with Crippen LogP contribution in [0.4, 0.5) is 0 Å². The lowest BCUT2D eigenvalue weighted by atomic mass is 10.0. The van der Waals surface area contributed by atoms with Crippen LogP contribution in [0.25, 0.3) is 0 Å². The Morgan fingerprint density at radius 1 is 0.581 bits per heavy atom. The number of aliphatic carboxylic acids is 1. The van der Waals surface area contributed by atoms with Crippen molar-refractivity contribution >= 4 is 40.9 Å². The summed E-state index contributed by atoms with van der Waals surface area (Å²) >= 11 is 0. The van der Waals surface area contributed by atoms with Crippen LogP contribution in [0.15, 0.2) is 12.5 Å². The molecule has 1 rings (SSSR count). The first-order valence-electron chi connectivity index (χ1n) is 27.6. The van der Waals surface area contributed by atoms with E-state index in [1.165, 1.54) is 90.8 Å². The van der Waals surface area contributed by atoms with Crippen molar-refractivity contribution in [3.8, 4) is 0 Å². The van der Waals surface area contributed by atoms with E-state index in [-0.39, 0.29) is 55.5 Å². The SMILES string of the molecule is CC(=O)NCCOCCOCC(=O)CCCOCCOCC(=O)NCCCC[C@H](NCC(=O)[C@@H](N)Cc1cnc[nH]1)C(C)=O.CCOCCOCCCC(=O)CCCCCCCCCCCCCCCCC(=O)O. The van der Waals surface area contributed by atoms with Gasteiger partial charge in [0.25, 0.3) is 0 Å². The van der Waals surface area contributed by atoms with Crippen LogP contribution in [0.2, 0.25) is 0 Å². The molecule has 0 saturated heterocycles. The standard InChI is InChI=1S/C29H50N6O9.C25H48O5/c1-22(36)27(34-18-28(39)26(30)16-24-17-31-21-35-24)7-3-4-8-33-29(40)20-44-15-12-41-10-5-6-25(38)19-43-14-13-42-11-9-32-23(2)37;1-2-29-22-23-30-21-17-19-24(26)18-15-13-11-9-7-5-3-4-6-8-10-12-14-16-20-25(27)28/h17,21,26-27,34H,3-16,18-20,30H2,1-2H3,(H,31,35)(H,32,37)(H,33,40);2-23H2,1H3,(H,27,28)/t26-,27-;/m0./s1. The molecule has 1 aromatic rings. The summed E-state index contributed by atoms with van der Waals surface area (Å²) in [6.45, 7) is 10.4. The number of unbranched alkanes of at least 4 members (excludes halogenated alkanes) is 14. The van der Waals surface area contributed by atoms with Gasteiger partial charge < -0.3 is 60.2 Å². The van der Waals surface area contributed by atoms with Gasteiger partial charge in [0.2, 0.25) is 11.8 Å². The summed E-state index contributed by atoms with van der Waals surface area (Å²) in [5, 5.41) is 17.0. The summed E-state index contributed by atoms with van der Waals surface area (Å²) in [7, 11) is 0. The van der Waals surface area contributed by atoms with Gasteiger partial charge in [-0.15, -0.1) is 0 Å². The van der Waals surface area contributed by atoms with E-state index < -0.39 is 18.1 Å². The molecule has 0 aromatic carbocycles. The maximum atomic E-state index is 12.3. The number of nitrogens with one attached hydrogen (secondary N) is 4. The average molecular weight is 1060 g/mol. The van der Waals surface area contributed by atoms with Gasteiger partial charge >= 0.3 is 5.97 Å². The number of ether oxygens (including phenoxy) is 6. The molecule has 0 fully saturated rings. The Balaban J connectivity index is 0.00000155. The van der Waals surface area contributed by atoms with Crippen LogP contribution in [-0.4, -0.2) is 167 Å². The van der Waals surface area contributed by atoms with E-state index in [0.29, 0.717) is 123 Å². The number of aromatic amines is 1. The molecular weight excluding hydrogens is 957 g/mol. The second-order valence-corrected chi connectivity index (χ2v) is 18.5. The van der Waals surface area contributed by atoms with Crippen LogP contribution in [0, 0.1) is 0 Å². The lowest BCUT2D eigenvalue weighted by Crippen LogP contribution is -2.44. The molecule has 0 saturated carbocycles. The molecule has 0 aliphatic rings. The Labute approximate surface area is 442 Å². The Morgan fingerprint density at radius 2 is 1.09 bits per heavy atom. The third-order valence-corrected chi connectivity index (χ3v) is 11.7. The smallest absolute Gasteiger partial charge is 0.303 e. The number of amides is 2. The molecule has 20 heteroatoms. The highest BCUT2D eigenvalue weighted by Crippen LogP contribution is 2.14. The zero-order valence-corrected chi connectivity index (χ0v) is 45.7. The number of carbonyl (C=O) groups is 7. The minimum absolute atomic E-state index is 0.00514. The molecule has 0 unspecified atom stereocenters. The predicted octanol–water partition coefficient (Wildman–Crippen LogP) is 5.95. The summed E-state index contributed by atoms with van der Waals surface area (Å²) in [6.07, 6.45) is 25.8. The van der Waals surface area contributed by atoms with Gasteiger partial charge in [-0.25, -0.2) is 4.98 Å². The van der Waals surface area contributed by atoms with Gasteiger partial charge in [-0.1, -0.05) is 77.0 Å². The van der Waals surface area contributed by atoms with Crippen molar-refractivity contribution in [2.24, 2.45) is 5.73 Å². The Kier molecular flexibility index (Phi) is 49.6. The number of Topliss-reactive ketones (excluding diaryl/α,β-unsaturated/α-hetero) is 4. The summed E-state index contributed by atoms with van der Waals surface area (Å²) in [6, 6.07) is -1.14. The number of carbonyl (C=O) groups excluding carboxylic acids is 6. The number of aromatic nitrogens is 2. The molecule has 428 valence electrons. The molecule has 0 aliphatic heterocycles. The Hall–Kier alpha value is -4.02. The fraction of sp³-hybridized carbons (Fsp3) is 0.815. The van der Waals surface area contributed by atoms with Crippen LogP contribution in [-0.2, 0) is 68.4 Å². The fourth-order valence-electron chi connectivity index (χ4n) is 7.42. The van der Waals surface area contributed by atoms with Gasteiger partial charge in [-0.2, -0.15) is 0 Å². The number of carboxylic acid groups (broad SMARTS) is 1. The van der Waals surface area contributed by atoms with Gasteiger partial charge in [0.15, 0.2) is 11.6 Å². The van der Waals surface area contributed by atoms with E-state index in [1.54, 1.807) is 6.20 Å². The first-order chi connectivity index (χ1) is 35.8. The second kappa shape index (κ2) is 52.4. The van der Waals surface area contributed by atoms with Crippen molar-refractivity contribution in [2.45, 2.75) is 187 Å². The van der Waals surface area contributed by atoms with Gasteiger partial charge in [0, 0.05) is 83.8 Å². The largest absolute Gasteiger partial charge is 0.481 e. The Bertz CT molecular complexity index is 1550. The van der Waals surface area contributed by atoms with E-state index in [1.807, 2.05) is 6.92 Å². The Morgan fingerprint density at radius 3 is 1.64 bits per heavy atom. The normalized spacial score (nSPS) is 11.9. The topological polar surface area (TPSA) is 286 Å². The number of imidazole rings is 1. The first kappa shape index (κ1) is 70.0. The molecule has 2 amide bonds. The highest BCUT2D eigenvalue weighted by molar-refractivity contribution is 5.87. The number of nitrogens with zero attached hydrogens (tertiary/aromatic N) is 1. The average Bonchev–Trinajstić information content (AvgIpc) is 3.88. The zero-order valence-electron chi connectivity index (χ0n) is 45.7. The van der Waals surface area contributed by atoms with Crippen LogP contribution in [0.3, 0.4) is 0 Å². The van der Waals surface area contributed by atoms with E-state index in [9.17, 15) is 33.6 Å². The van der Waals surface area contributed by atoms with Crippen LogP contribution in [0.1, 0.15) is 174 Å². The number of rotatable bonds is 54. The number of ketones is 4. The number of carboxylic acids is 1. The van der Waals surface area contributed by atoms with Crippen molar-refractivity contribution in [1.29, 1.82) is 0 Å². The van der Waals surface area contributed by atoms with Crippen LogP contribution in [0.5, 0.6) is 0 Å². The van der Waals surface area contributed by atoms with Gasteiger partial charge in [0.05, 0.1) is 71.2 Å². The highest BCUT2D eigenvalue weighted by atomic mass is 16.5. The molecule has 1 aromatic heterocycles. The van der Waals surface area contributed by atoms with Crippen molar-refractivity contribution in [2.75, 3.05) is 98.9 Å². The molecule has 7 N–H and O–H groups in total. The zero-order chi connectivity index (χ0) is 54.5. The molecule has 0 bridgehead atoms. The van der Waals surface area contributed by atoms with E-state index in [0.717, 1.165) is 44.4 Å². The second-order valence-electron chi connectivity index (χ2n) is 18.5. The summed E-state index contributed by atoms with van der Waals surface area (Å²) in [5.41, 5.74) is 6.72.